The first-order chi connectivity index (χ1) is 7.69. The van der Waals surface area contributed by atoms with E-state index in [2.05, 4.69) is 21.2 Å². The molecular weight excluding hydrogens is 273 g/mol. The minimum Gasteiger partial charge on any atom is -0.493 e. The van der Waals surface area contributed by atoms with Gasteiger partial charge in [0, 0.05) is 23.0 Å². The van der Waals surface area contributed by atoms with Crippen LogP contribution in [0.15, 0.2) is 16.6 Å². The Morgan fingerprint density at radius 1 is 1.44 bits per heavy atom. The fourth-order valence-electron chi connectivity index (χ4n) is 1.56. The Bertz CT molecular complexity index is 344. The highest BCUT2D eigenvalue weighted by Gasteiger charge is 2.08. The van der Waals surface area contributed by atoms with Gasteiger partial charge in [-0.3, -0.25) is 4.39 Å². The SMILES string of the molecule is CNCc1cc(Br)cc(C)c1OCCCF. The molecule has 0 aromatic heterocycles. The van der Waals surface area contributed by atoms with Crippen molar-refractivity contribution in [1.29, 1.82) is 0 Å². The highest BCUT2D eigenvalue weighted by molar-refractivity contribution is 9.10. The molecule has 1 N–H and O–H groups in total. The van der Waals surface area contributed by atoms with Crippen molar-refractivity contribution in [1.82, 2.24) is 5.32 Å². The van der Waals surface area contributed by atoms with E-state index in [-0.39, 0.29) is 6.67 Å². The molecule has 0 atom stereocenters. The molecule has 1 aromatic carbocycles. The van der Waals surface area contributed by atoms with Gasteiger partial charge in [-0.2, -0.15) is 0 Å². The van der Waals surface area contributed by atoms with Gasteiger partial charge in [-0.05, 0) is 31.7 Å². The van der Waals surface area contributed by atoms with Crippen molar-refractivity contribution in [3.63, 3.8) is 0 Å². The van der Waals surface area contributed by atoms with Crippen LogP contribution >= 0.6 is 15.9 Å². The van der Waals surface area contributed by atoms with Crippen molar-refractivity contribution >= 4 is 15.9 Å². The van der Waals surface area contributed by atoms with Gasteiger partial charge >= 0.3 is 0 Å². The van der Waals surface area contributed by atoms with E-state index in [0.29, 0.717) is 13.0 Å². The minimum atomic E-state index is -0.336. The van der Waals surface area contributed by atoms with Gasteiger partial charge in [-0.15, -0.1) is 0 Å². The first kappa shape index (κ1) is 13.5. The van der Waals surface area contributed by atoms with E-state index in [1.807, 2.05) is 26.1 Å². The summed E-state index contributed by atoms with van der Waals surface area (Å²) in [6.45, 7) is 2.83. The largest absolute Gasteiger partial charge is 0.493 e. The molecule has 0 unspecified atom stereocenters. The maximum absolute atomic E-state index is 12.0. The van der Waals surface area contributed by atoms with Crippen LogP contribution in [0.2, 0.25) is 0 Å². The van der Waals surface area contributed by atoms with Gasteiger partial charge < -0.3 is 10.1 Å². The fraction of sp³-hybridized carbons (Fsp3) is 0.500. The predicted octanol–water partition coefficient (Wildman–Crippen LogP) is 3.22. The van der Waals surface area contributed by atoms with E-state index in [4.69, 9.17) is 4.74 Å². The van der Waals surface area contributed by atoms with Crippen molar-refractivity contribution < 1.29 is 9.13 Å². The summed E-state index contributed by atoms with van der Waals surface area (Å²) >= 11 is 3.46. The molecule has 0 amide bonds. The molecule has 1 aromatic rings. The molecule has 0 bridgehead atoms. The van der Waals surface area contributed by atoms with Crippen molar-refractivity contribution in [2.75, 3.05) is 20.3 Å². The average molecular weight is 290 g/mol. The van der Waals surface area contributed by atoms with Gasteiger partial charge in [0.15, 0.2) is 0 Å². The molecule has 1 rings (SSSR count). The highest BCUT2D eigenvalue weighted by atomic mass is 79.9. The lowest BCUT2D eigenvalue weighted by molar-refractivity contribution is 0.285. The second-order valence-electron chi connectivity index (χ2n) is 3.63. The number of ether oxygens (including phenoxy) is 1. The predicted molar refractivity (Wildman–Crippen MR) is 67.7 cm³/mol. The summed E-state index contributed by atoms with van der Waals surface area (Å²) in [5.74, 6) is 0.867. The van der Waals surface area contributed by atoms with E-state index < -0.39 is 0 Å². The van der Waals surface area contributed by atoms with Crippen LogP contribution in [0, 0.1) is 6.92 Å². The number of benzene rings is 1. The molecule has 0 aliphatic rings. The summed E-state index contributed by atoms with van der Waals surface area (Å²) in [5, 5.41) is 3.09. The van der Waals surface area contributed by atoms with Gasteiger partial charge in [-0.1, -0.05) is 15.9 Å². The molecule has 2 nitrogen and oxygen atoms in total. The molecule has 0 aliphatic carbocycles. The topological polar surface area (TPSA) is 21.3 Å². The number of rotatable bonds is 6. The van der Waals surface area contributed by atoms with Crippen LogP contribution in [0.4, 0.5) is 4.39 Å². The molecule has 4 heteroatoms. The summed E-state index contributed by atoms with van der Waals surface area (Å²) in [7, 11) is 1.89. The van der Waals surface area contributed by atoms with E-state index in [1.165, 1.54) is 0 Å². The summed E-state index contributed by atoms with van der Waals surface area (Å²) in [6.07, 6.45) is 0.439. The molecule has 0 saturated heterocycles. The smallest absolute Gasteiger partial charge is 0.126 e. The standard InChI is InChI=1S/C12H17BrFNO/c1-9-6-11(13)7-10(8-15-2)12(9)16-5-3-4-14/h6-7,15H,3-5,8H2,1-2H3. The lowest BCUT2D eigenvalue weighted by Crippen LogP contribution is -2.09. The number of hydrogen-bond acceptors (Lipinski definition) is 2. The Morgan fingerprint density at radius 2 is 2.19 bits per heavy atom. The Labute approximate surface area is 104 Å². The second kappa shape index (κ2) is 6.86. The summed E-state index contributed by atoms with van der Waals surface area (Å²) in [6, 6.07) is 4.03. The third kappa shape index (κ3) is 3.76. The van der Waals surface area contributed by atoms with Crippen molar-refractivity contribution in [3.8, 4) is 5.75 Å². The van der Waals surface area contributed by atoms with Crippen LogP contribution in [-0.4, -0.2) is 20.3 Å². The first-order valence-electron chi connectivity index (χ1n) is 5.31. The second-order valence-corrected chi connectivity index (χ2v) is 4.55. The third-order valence-corrected chi connectivity index (χ3v) is 2.67. The van der Waals surface area contributed by atoms with Crippen molar-refractivity contribution in [2.45, 2.75) is 19.9 Å². The monoisotopic (exact) mass is 289 g/mol. The molecule has 0 heterocycles. The fourth-order valence-corrected chi connectivity index (χ4v) is 2.18. The molecule has 16 heavy (non-hydrogen) atoms. The lowest BCUT2D eigenvalue weighted by Gasteiger charge is -2.14. The van der Waals surface area contributed by atoms with Gasteiger partial charge in [0.05, 0.1) is 13.3 Å². The number of halogens is 2. The molecular formula is C12H17BrFNO. The number of nitrogens with one attached hydrogen (secondary N) is 1. The van der Waals surface area contributed by atoms with Crippen molar-refractivity contribution in [2.24, 2.45) is 0 Å². The zero-order valence-electron chi connectivity index (χ0n) is 9.65. The van der Waals surface area contributed by atoms with Crippen LogP contribution in [0.1, 0.15) is 17.5 Å². The zero-order valence-corrected chi connectivity index (χ0v) is 11.2. The highest BCUT2D eigenvalue weighted by Crippen LogP contribution is 2.28. The van der Waals surface area contributed by atoms with E-state index in [0.717, 1.165) is 27.9 Å². The molecule has 0 aliphatic heterocycles. The number of alkyl halides is 1. The quantitative estimate of drug-likeness (QED) is 0.812. The minimum absolute atomic E-state index is 0.336. The molecule has 0 saturated carbocycles. The average Bonchev–Trinajstić information content (AvgIpc) is 2.22. The summed E-state index contributed by atoms with van der Waals surface area (Å²) in [5.41, 5.74) is 2.16. The number of hydrogen-bond donors (Lipinski definition) is 1. The molecule has 90 valence electrons. The Balaban J connectivity index is 2.85. The summed E-state index contributed by atoms with van der Waals surface area (Å²) < 4.78 is 18.7. The summed E-state index contributed by atoms with van der Waals surface area (Å²) in [4.78, 5) is 0. The lowest BCUT2D eigenvalue weighted by atomic mass is 10.1. The Morgan fingerprint density at radius 3 is 2.81 bits per heavy atom. The first-order valence-corrected chi connectivity index (χ1v) is 6.10. The Kier molecular flexibility index (Phi) is 5.77. The molecule has 0 spiro atoms. The molecule has 0 radical (unpaired) electrons. The van der Waals surface area contributed by atoms with Gasteiger partial charge in [0.1, 0.15) is 5.75 Å². The maximum Gasteiger partial charge on any atom is 0.126 e. The normalized spacial score (nSPS) is 10.5. The number of aryl methyl sites for hydroxylation is 1. The van der Waals surface area contributed by atoms with Gasteiger partial charge in [0.2, 0.25) is 0 Å². The van der Waals surface area contributed by atoms with E-state index in [9.17, 15) is 4.39 Å². The van der Waals surface area contributed by atoms with Gasteiger partial charge in [-0.25, -0.2) is 0 Å². The van der Waals surface area contributed by atoms with Crippen LogP contribution in [0.3, 0.4) is 0 Å². The van der Waals surface area contributed by atoms with E-state index in [1.54, 1.807) is 0 Å². The molecule has 0 fully saturated rings. The van der Waals surface area contributed by atoms with Crippen LogP contribution in [-0.2, 0) is 6.54 Å². The van der Waals surface area contributed by atoms with Crippen LogP contribution in [0.5, 0.6) is 5.75 Å². The van der Waals surface area contributed by atoms with Crippen LogP contribution in [0.25, 0.3) is 0 Å². The van der Waals surface area contributed by atoms with Crippen molar-refractivity contribution in [3.05, 3.63) is 27.7 Å². The Hall–Kier alpha value is -0.610. The van der Waals surface area contributed by atoms with Crippen LogP contribution < -0.4 is 10.1 Å². The van der Waals surface area contributed by atoms with E-state index >= 15 is 0 Å². The third-order valence-electron chi connectivity index (χ3n) is 2.21. The zero-order chi connectivity index (χ0) is 12.0. The maximum atomic E-state index is 12.0. The van der Waals surface area contributed by atoms with Gasteiger partial charge in [0.25, 0.3) is 0 Å².